The summed E-state index contributed by atoms with van der Waals surface area (Å²) < 4.78 is 5.82. The normalized spacial score (nSPS) is 15.6. The van der Waals surface area contributed by atoms with Crippen LogP contribution in [0.1, 0.15) is 36.5 Å². The standard InChI is InChI=1S/C24H30N2O3/c1-18-15-19(2)17-22(16-18)29-14-11-25-23(28)24(21-7-5-4-6-8-21)9-12-26(13-10-24)20(3)27/h4-8,15-17H,9-14H2,1-3H3,(H,25,28). The fourth-order valence-electron chi connectivity index (χ4n) is 4.13. The van der Waals surface area contributed by atoms with Gasteiger partial charge in [0.1, 0.15) is 12.4 Å². The van der Waals surface area contributed by atoms with Crippen LogP contribution >= 0.6 is 0 Å². The molecule has 2 amide bonds. The molecule has 3 rings (SSSR count). The minimum atomic E-state index is -0.604. The van der Waals surface area contributed by atoms with Crippen LogP contribution in [0.15, 0.2) is 48.5 Å². The van der Waals surface area contributed by atoms with Gasteiger partial charge < -0.3 is 15.0 Å². The van der Waals surface area contributed by atoms with Crippen LogP contribution in [0.4, 0.5) is 0 Å². The van der Waals surface area contributed by atoms with Crippen molar-refractivity contribution >= 4 is 11.8 Å². The number of rotatable bonds is 6. The second-order valence-electron chi connectivity index (χ2n) is 7.88. The van der Waals surface area contributed by atoms with E-state index in [0.717, 1.165) is 22.4 Å². The summed E-state index contributed by atoms with van der Waals surface area (Å²) in [6.45, 7) is 7.71. The predicted molar refractivity (Wildman–Crippen MR) is 114 cm³/mol. The van der Waals surface area contributed by atoms with Crippen molar-refractivity contribution in [1.29, 1.82) is 0 Å². The maximum absolute atomic E-state index is 13.2. The van der Waals surface area contributed by atoms with E-state index in [2.05, 4.69) is 11.4 Å². The Balaban J connectivity index is 1.64. The molecule has 1 aliphatic rings. The van der Waals surface area contributed by atoms with Gasteiger partial charge in [0, 0.05) is 20.0 Å². The Hall–Kier alpha value is -2.82. The minimum absolute atomic E-state index is 0.0101. The average molecular weight is 395 g/mol. The summed E-state index contributed by atoms with van der Waals surface area (Å²) >= 11 is 0. The molecule has 0 aromatic heterocycles. The number of nitrogens with zero attached hydrogens (tertiary/aromatic N) is 1. The lowest BCUT2D eigenvalue weighted by molar-refractivity contribution is -0.135. The molecule has 1 aliphatic heterocycles. The predicted octanol–water partition coefficient (Wildman–Crippen LogP) is 3.38. The molecule has 1 N–H and O–H groups in total. The number of ether oxygens (including phenoxy) is 1. The number of piperidine rings is 1. The van der Waals surface area contributed by atoms with E-state index in [9.17, 15) is 9.59 Å². The third-order valence-electron chi connectivity index (χ3n) is 5.67. The van der Waals surface area contributed by atoms with Crippen molar-refractivity contribution in [3.8, 4) is 5.75 Å². The van der Waals surface area contributed by atoms with E-state index < -0.39 is 5.41 Å². The Bertz CT molecular complexity index is 835. The van der Waals surface area contributed by atoms with Crippen LogP contribution in [0, 0.1) is 13.8 Å². The molecule has 1 heterocycles. The fraction of sp³-hybridized carbons (Fsp3) is 0.417. The molecule has 0 atom stereocenters. The summed E-state index contributed by atoms with van der Waals surface area (Å²) in [6.07, 6.45) is 1.25. The fourth-order valence-corrected chi connectivity index (χ4v) is 4.13. The van der Waals surface area contributed by atoms with Crippen molar-refractivity contribution in [2.75, 3.05) is 26.2 Å². The second-order valence-corrected chi connectivity index (χ2v) is 7.88. The Labute approximate surface area is 173 Å². The first-order chi connectivity index (χ1) is 13.9. The van der Waals surface area contributed by atoms with Crippen LogP contribution in [0.3, 0.4) is 0 Å². The smallest absolute Gasteiger partial charge is 0.230 e. The van der Waals surface area contributed by atoms with Crippen molar-refractivity contribution in [1.82, 2.24) is 10.2 Å². The zero-order valence-electron chi connectivity index (χ0n) is 17.5. The third kappa shape index (κ3) is 4.97. The first-order valence-corrected chi connectivity index (χ1v) is 10.2. The van der Waals surface area contributed by atoms with E-state index in [1.807, 2.05) is 61.2 Å². The van der Waals surface area contributed by atoms with E-state index >= 15 is 0 Å². The minimum Gasteiger partial charge on any atom is -0.492 e. The lowest BCUT2D eigenvalue weighted by atomic mass is 9.72. The lowest BCUT2D eigenvalue weighted by Crippen LogP contribution is -2.53. The summed E-state index contributed by atoms with van der Waals surface area (Å²) in [5.41, 5.74) is 2.72. The number of likely N-dealkylation sites (tertiary alicyclic amines) is 1. The Morgan fingerprint density at radius 2 is 1.66 bits per heavy atom. The number of aryl methyl sites for hydroxylation is 2. The molecule has 1 fully saturated rings. The van der Waals surface area contributed by atoms with Crippen molar-refractivity contribution < 1.29 is 14.3 Å². The maximum Gasteiger partial charge on any atom is 0.230 e. The number of hydrogen-bond acceptors (Lipinski definition) is 3. The van der Waals surface area contributed by atoms with Crippen molar-refractivity contribution in [2.24, 2.45) is 0 Å². The molecule has 0 unspecified atom stereocenters. The highest BCUT2D eigenvalue weighted by Gasteiger charge is 2.43. The first-order valence-electron chi connectivity index (χ1n) is 10.2. The number of carbonyl (C=O) groups excluding carboxylic acids is 2. The van der Waals surface area contributed by atoms with Crippen molar-refractivity contribution in [2.45, 2.75) is 39.0 Å². The summed E-state index contributed by atoms with van der Waals surface area (Å²) in [5, 5.41) is 3.07. The average Bonchev–Trinajstić information content (AvgIpc) is 2.71. The maximum atomic E-state index is 13.2. The molecule has 2 aromatic rings. The van der Waals surface area contributed by atoms with E-state index in [4.69, 9.17) is 4.74 Å². The zero-order chi connectivity index (χ0) is 20.9. The molecule has 0 saturated carbocycles. The van der Waals surface area contributed by atoms with Gasteiger partial charge in [0.15, 0.2) is 0 Å². The topological polar surface area (TPSA) is 58.6 Å². The molecule has 2 aromatic carbocycles. The summed E-state index contributed by atoms with van der Waals surface area (Å²) in [6, 6.07) is 16.0. The lowest BCUT2D eigenvalue weighted by Gasteiger charge is -2.40. The molecule has 0 radical (unpaired) electrons. The van der Waals surface area contributed by atoms with Gasteiger partial charge in [-0.1, -0.05) is 36.4 Å². The summed E-state index contributed by atoms with van der Waals surface area (Å²) in [7, 11) is 0. The number of amides is 2. The van der Waals surface area contributed by atoms with Crippen LogP contribution < -0.4 is 10.1 Å². The SMILES string of the molecule is CC(=O)N1CCC(C(=O)NCCOc2cc(C)cc(C)c2)(c2ccccc2)CC1. The van der Waals surface area contributed by atoms with Gasteiger partial charge in [-0.25, -0.2) is 0 Å². The van der Waals surface area contributed by atoms with Gasteiger partial charge in [0.2, 0.25) is 11.8 Å². The zero-order valence-corrected chi connectivity index (χ0v) is 17.5. The van der Waals surface area contributed by atoms with Crippen LogP contribution in [0.25, 0.3) is 0 Å². The highest BCUT2D eigenvalue weighted by Crippen LogP contribution is 2.36. The van der Waals surface area contributed by atoms with Crippen LogP contribution in [0.2, 0.25) is 0 Å². The van der Waals surface area contributed by atoms with E-state index in [0.29, 0.717) is 39.1 Å². The molecule has 0 aliphatic carbocycles. The molecule has 154 valence electrons. The van der Waals surface area contributed by atoms with Crippen LogP contribution in [-0.2, 0) is 15.0 Å². The Morgan fingerprint density at radius 1 is 1.03 bits per heavy atom. The highest BCUT2D eigenvalue weighted by atomic mass is 16.5. The van der Waals surface area contributed by atoms with Crippen molar-refractivity contribution in [3.63, 3.8) is 0 Å². The largest absolute Gasteiger partial charge is 0.492 e. The number of benzene rings is 2. The summed E-state index contributed by atoms with van der Waals surface area (Å²) in [5.74, 6) is 0.897. The van der Waals surface area contributed by atoms with Crippen LogP contribution in [0.5, 0.6) is 5.75 Å². The highest BCUT2D eigenvalue weighted by molar-refractivity contribution is 5.88. The summed E-state index contributed by atoms with van der Waals surface area (Å²) in [4.78, 5) is 26.8. The molecular formula is C24H30N2O3. The molecule has 0 spiro atoms. The number of hydrogen-bond donors (Lipinski definition) is 1. The van der Waals surface area contributed by atoms with E-state index in [1.54, 1.807) is 6.92 Å². The Kier molecular flexibility index (Phi) is 6.57. The van der Waals surface area contributed by atoms with Gasteiger partial charge in [-0.3, -0.25) is 9.59 Å². The van der Waals surface area contributed by atoms with Gasteiger partial charge in [-0.2, -0.15) is 0 Å². The monoisotopic (exact) mass is 394 g/mol. The molecule has 0 bridgehead atoms. The van der Waals surface area contributed by atoms with E-state index in [1.165, 1.54) is 0 Å². The van der Waals surface area contributed by atoms with Crippen molar-refractivity contribution in [3.05, 3.63) is 65.2 Å². The van der Waals surface area contributed by atoms with Gasteiger partial charge in [-0.05, 0) is 55.5 Å². The number of carbonyl (C=O) groups is 2. The molecule has 5 nitrogen and oxygen atoms in total. The van der Waals surface area contributed by atoms with E-state index in [-0.39, 0.29) is 11.8 Å². The first kappa shape index (κ1) is 20.9. The molecule has 5 heteroatoms. The molecule has 29 heavy (non-hydrogen) atoms. The van der Waals surface area contributed by atoms with Gasteiger partial charge in [-0.15, -0.1) is 0 Å². The number of nitrogens with one attached hydrogen (secondary N) is 1. The van der Waals surface area contributed by atoms with Gasteiger partial charge in [0.05, 0.1) is 12.0 Å². The Morgan fingerprint density at radius 3 is 2.24 bits per heavy atom. The molecular weight excluding hydrogens is 364 g/mol. The quantitative estimate of drug-likeness (QED) is 0.764. The molecule has 1 saturated heterocycles. The van der Waals surface area contributed by atoms with Gasteiger partial charge in [0.25, 0.3) is 0 Å². The third-order valence-corrected chi connectivity index (χ3v) is 5.67. The van der Waals surface area contributed by atoms with Gasteiger partial charge >= 0.3 is 0 Å². The second kappa shape index (κ2) is 9.12. The van der Waals surface area contributed by atoms with Crippen LogP contribution in [-0.4, -0.2) is 43.0 Å².